The second-order valence-corrected chi connectivity index (χ2v) is 1.51. The van der Waals surface area contributed by atoms with Crippen LogP contribution in [-0.4, -0.2) is 15.0 Å². The van der Waals surface area contributed by atoms with E-state index in [2.05, 4.69) is 27.6 Å². The van der Waals surface area contributed by atoms with E-state index in [0.717, 1.165) is 5.56 Å². The molecule has 1 heterocycles. The van der Waals surface area contributed by atoms with Crippen LogP contribution in [0.2, 0.25) is 0 Å². The van der Waals surface area contributed by atoms with Crippen molar-refractivity contribution in [2.45, 2.75) is 6.61 Å². The minimum atomic E-state index is 0.0997. The van der Waals surface area contributed by atoms with Gasteiger partial charge in [-0.3, -0.25) is 4.98 Å². The third kappa shape index (κ3) is 3.79. The molecule has 0 amide bonds. The summed E-state index contributed by atoms with van der Waals surface area (Å²) < 4.78 is 0. The van der Waals surface area contributed by atoms with Gasteiger partial charge in [0, 0.05) is 12.4 Å². The molecule has 0 atom stereocenters. The standard InChI is InChI=1S/C6H7NO.CH3I/c8-5-6-1-3-7-4-2-6;1-2/h1-4,8H,5H2;1H3. The maximum Gasteiger partial charge on any atom is 0.0682 e. The van der Waals surface area contributed by atoms with E-state index in [0.29, 0.717) is 0 Å². The lowest BCUT2D eigenvalue weighted by molar-refractivity contribution is 0.281. The van der Waals surface area contributed by atoms with Gasteiger partial charge >= 0.3 is 0 Å². The predicted molar refractivity (Wildman–Crippen MR) is 50.1 cm³/mol. The zero-order chi connectivity index (χ0) is 7.82. The van der Waals surface area contributed by atoms with Crippen molar-refractivity contribution >= 4 is 22.6 Å². The molecule has 0 aliphatic heterocycles. The van der Waals surface area contributed by atoms with Crippen molar-refractivity contribution in [3.63, 3.8) is 0 Å². The molecule has 56 valence electrons. The first-order chi connectivity index (χ1) is 4.93. The molecule has 2 nitrogen and oxygen atoms in total. The van der Waals surface area contributed by atoms with Gasteiger partial charge in [-0.05, 0) is 22.6 Å². The molecule has 10 heavy (non-hydrogen) atoms. The average Bonchev–Trinajstić information content (AvgIpc) is 2.10. The SMILES string of the molecule is CI.OCc1ccncc1. The van der Waals surface area contributed by atoms with E-state index in [-0.39, 0.29) is 6.61 Å². The van der Waals surface area contributed by atoms with E-state index < -0.39 is 0 Å². The van der Waals surface area contributed by atoms with Crippen LogP contribution >= 0.6 is 22.6 Å². The summed E-state index contributed by atoms with van der Waals surface area (Å²) in [6, 6.07) is 3.56. The van der Waals surface area contributed by atoms with Crippen molar-refractivity contribution in [2.75, 3.05) is 4.93 Å². The smallest absolute Gasteiger partial charge is 0.0682 e. The van der Waals surface area contributed by atoms with E-state index in [4.69, 9.17) is 5.11 Å². The first-order valence-electron chi connectivity index (χ1n) is 2.81. The maximum atomic E-state index is 8.51. The third-order valence-corrected chi connectivity index (χ3v) is 0.932. The summed E-state index contributed by atoms with van der Waals surface area (Å²) in [7, 11) is 0. The van der Waals surface area contributed by atoms with Crippen molar-refractivity contribution in [3.05, 3.63) is 30.1 Å². The van der Waals surface area contributed by atoms with Gasteiger partial charge in [-0.15, -0.1) is 0 Å². The summed E-state index contributed by atoms with van der Waals surface area (Å²) >= 11 is 2.15. The molecule has 1 N–H and O–H groups in total. The van der Waals surface area contributed by atoms with Gasteiger partial charge in [0.2, 0.25) is 0 Å². The van der Waals surface area contributed by atoms with Gasteiger partial charge in [0.25, 0.3) is 0 Å². The second-order valence-electron chi connectivity index (χ2n) is 1.51. The minimum absolute atomic E-state index is 0.0997. The summed E-state index contributed by atoms with van der Waals surface area (Å²) in [5.41, 5.74) is 0.903. The van der Waals surface area contributed by atoms with Crippen molar-refractivity contribution in [1.82, 2.24) is 4.98 Å². The van der Waals surface area contributed by atoms with Crippen LogP contribution in [0, 0.1) is 0 Å². The van der Waals surface area contributed by atoms with E-state index in [1.54, 1.807) is 24.5 Å². The molecule has 0 spiro atoms. The fourth-order valence-corrected chi connectivity index (χ4v) is 0.488. The van der Waals surface area contributed by atoms with Gasteiger partial charge < -0.3 is 5.11 Å². The number of aliphatic hydroxyl groups excluding tert-OH is 1. The molecule has 3 heteroatoms. The topological polar surface area (TPSA) is 33.1 Å². The number of aliphatic hydroxyl groups is 1. The number of nitrogens with zero attached hydrogens (tertiary/aromatic N) is 1. The van der Waals surface area contributed by atoms with E-state index in [1.807, 2.05) is 4.93 Å². The Morgan fingerprint density at radius 2 is 1.90 bits per heavy atom. The molecule has 0 fully saturated rings. The van der Waals surface area contributed by atoms with E-state index >= 15 is 0 Å². The van der Waals surface area contributed by atoms with Crippen LogP contribution in [0.3, 0.4) is 0 Å². The lowest BCUT2D eigenvalue weighted by atomic mass is 10.3. The Kier molecular flexibility index (Phi) is 6.84. The van der Waals surface area contributed by atoms with Crippen molar-refractivity contribution < 1.29 is 5.11 Å². The lowest BCUT2D eigenvalue weighted by Crippen LogP contribution is -1.80. The van der Waals surface area contributed by atoms with E-state index in [1.165, 1.54) is 0 Å². The van der Waals surface area contributed by atoms with Crippen molar-refractivity contribution in [2.24, 2.45) is 0 Å². The minimum Gasteiger partial charge on any atom is -0.392 e. The van der Waals surface area contributed by atoms with Crippen LogP contribution in [0.4, 0.5) is 0 Å². The normalized spacial score (nSPS) is 7.90. The molecule has 0 radical (unpaired) electrons. The Morgan fingerprint density at radius 3 is 2.20 bits per heavy atom. The molecule has 0 aromatic carbocycles. The quantitative estimate of drug-likeness (QED) is 0.607. The Bertz CT molecular complexity index is 155. The fraction of sp³-hybridized carbons (Fsp3) is 0.286. The Labute approximate surface area is 74.4 Å². The van der Waals surface area contributed by atoms with Crippen LogP contribution < -0.4 is 0 Å². The molecule has 1 aromatic heterocycles. The van der Waals surface area contributed by atoms with Crippen molar-refractivity contribution in [3.8, 4) is 0 Å². The van der Waals surface area contributed by atoms with Crippen LogP contribution in [0.15, 0.2) is 24.5 Å². The number of hydrogen-bond donors (Lipinski definition) is 1. The number of hydrogen-bond acceptors (Lipinski definition) is 2. The van der Waals surface area contributed by atoms with E-state index in [9.17, 15) is 0 Å². The van der Waals surface area contributed by atoms with Gasteiger partial charge in [-0.2, -0.15) is 0 Å². The molecule has 0 bridgehead atoms. The summed E-state index contributed by atoms with van der Waals surface area (Å²) in [5.74, 6) is 0. The first kappa shape index (κ1) is 9.84. The molecule has 1 rings (SSSR count). The fourth-order valence-electron chi connectivity index (χ4n) is 0.488. The monoisotopic (exact) mass is 251 g/mol. The van der Waals surface area contributed by atoms with Crippen LogP contribution in [0.25, 0.3) is 0 Å². The number of rotatable bonds is 1. The summed E-state index contributed by atoms with van der Waals surface area (Å²) in [6.45, 7) is 0.0997. The maximum absolute atomic E-state index is 8.51. The van der Waals surface area contributed by atoms with Crippen LogP contribution in [0.1, 0.15) is 5.56 Å². The highest BCUT2D eigenvalue weighted by Gasteiger charge is 1.81. The largest absolute Gasteiger partial charge is 0.392 e. The van der Waals surface area contributed by atoms with Gasteiger partial charge in [-0.25, -0.2) is 0 Å². The summed E-state index contributed by atoms with van der Waals surface area (Å²) in [5, 5.41) is 8.51. The first-order valence-corrected chi connectivity index (χ1v) is 4.97. The summed E-state index contributed by atoms with van der Waals surface area (Å²) in [6.07, 6.45) is 3.32. The zero-order valence-electron chi connectivity index (χ0n) is 5.79. The van der Waals surface area contributed by atoms with Crippen LogP contribution in [0.5, 0.6) is 0 Å². The second kappa shape index (κ2) is 6.95. The van der Waals surface area contributed by atoms with Gasteiger partial charge in [-0.1, -0.05) is 22.6 Å². The average molecular weight is 251 g/mol. The Hall–Kier alpha value is -0.160. The molecule has 0 aliphatic rings. The highest BCUT2D eigenvalue weighted by Crippen LogP contribution is 1.92. The number of pyridine rings is 1. The molecular weight excluding hydrogens is 241 g/mol. The van der Waals surface area contributed by atoms with Crippen molar-refractivity contribution in [1.29, 1.82) is 0 Å². The zero-order valence-corrected chi connectivity index (χ0v) is 7.95. The molecule has 0 saturated heterocycles. The third-order valence-electron chi connectivity index (χ3n) is 0.932. The molecule has 0 unspecified atom stereocenters. The summed E-state index contributed by atoms with van der Waals surface area (Å²) in [4.78, 5) is 5.75. The predicted octanol–water partition coefficient (Wildman–Crippen LogP) is 1.63. The van der Waals surface area contributed by atoms with Crippen LogP contribution in [-0.2, 0) is 6.61 Å². The Morgan fingerprint density at radius 1 is 1.40 bits per heavy atom. The highest BCUT2D eigenvalue weighted by atomic mass is 127. The number of halogens is 1. The van der Waals surface area contributed by atoms with Gasteiger partial charge in [0.05, 0.1) is 6.61 Å². The van der Waals surface area contributed by atoms with Gasteiger partial charge in [0.15, 0.2) is 0 Å². The highest BCUT2D eigenvalue weighted by molar-refractivity contribution is 14.1. The lowest BCUT2D eigenvalue weighted by Gasteiger charge is -1.88. The Balaban J connectivity index is 0.000000371. The molecule has 1 aromatic rings. The molecular formula is C7H10INO. The van der Waals surface area contributed by atoms with Gasteiger partial charge in [0.1, 0.15) is 0 Å². The molecule has 0 saturated carbocycles. The molecule has 0 aliphatic carbocycles. The number of alkyl halides is 1. The number of aromatic nitrogens is 1.